The van der Waals surface area contributed by atoms with Gasteiger partial charge in [-0.05, 0) is 25.0 Å². The van der Waals surface area contributed by atoms with Crippen LogP contribution in [0.5, 0.6) is 0 Å². The fourth-order valence-corrected chi connectivity index (χ4v) is 1.68. The quantitative estimate of drug-likeness (QED) is 0.678. The smallest absolute Gasteiger partial charge is 0.0607 e. The second kappa shape index (κ2) is 5.85. The Morgan fingerprint density at radius 3 is 2.33 bits per heavy atom. The zero-order valence-corrected chi connectivity index (χ0v) is 9.27. The van der Waals surface area contributed by atoms with Gasteiger partial charge in [0.15, 0.2) is 0 Å². The third-order valence-electron chi connectivity index (χ3n) is 2.58. The highest BCUT2D eigenvalue weighted by Crippen LogP contribution is 2.16. The van der Waals surface area contributed by atoms with E-state index in [1.807, 2.05) is 19.1 Å². The number of aliphatic hydroxyl groups is 2. The van der Waals surface area contributed by atoms with Gasteiger partial charge in [-0.2, -0.15) is 0 Å². The maximum absolute atomic E-state index is 8.97. The SMILES string of the molecule is Cc1ccccc1[C@H](C)NC(CO)CO. The molecule has 3 heteroatoms. The molecular formula is C12H19NO2. The molecule has 0 aliphatic carbocycles. The highest BCUT2D eigenvalue weighted by Gasteiger charge is 2.12. The van der Waals surface area contributed by atoms with Crippen molar-refractivity contribution in [3.63, 3.8) is 0 Å². The van der Waals surface area contributed by atoms with Crippen molar-refractivity contribution >= 4 is 0 Å². The second-order valence-electron chi connectivity index (χ2n) is 3.81. The molecule has 3 nitrogen and oxygen atoms in total. The molecule has 0 spiro atoms. The molecule has 84 valence electrons. The highest BCUT2D eigenvalue weighted by molar-refractivity contribution is 5.28. The molecule has 3 N–H and O–H groups in total. The van der Waals surface area contributed by atoms with Gasteiger partial charge in [-0.25, -0.2) is 0 Å². The van der Waals surface area contributed by atoms with Gasteiger partial charge in [0, 0.05) is 6.04 Å². The van der Waals surface area contributed by atoms with Crippen molar-refractivity contribution in [2.24, 2.45) is 0 Å². The number of nitrogens with one attached hydrogen (secondary N) is 1. The number of benzene rings is 1. The van der Waals surface area contributed by atoms with E-state index in [4.69, 9.17) is 10.2 Å². The van der Waals surface area contributed by atoms with E-state index >= 15 is 0 Å². The Balaban J connectivity index is 2.68. The fourth-order valence-electron chi connectivity index (χ4n) is 1.68. The van der Waals surface area contributed by atoms with E-state index in [-0.39, 0.29) is 25.3 Å². The fraction of sp³-hybridized carbons (Fsp3) is 0.500. The minimum atomic E-state index is -0.250. The van der Waals surface area contributed by atoms with Crippen LogP contribution in [-0.2, 0) is 0 Å². The zero-order valence-electron chi connectivity index (χ0n) is 9.27. The summed E-state index contributed by atoms with van der Waals surface area (Å²) in [6.45, 7) is 3.99. The lowest BCUT2D eigenvalue weighted by Crippen LogP contribution is -2.37. The second-order valence-corrected chi connectivity index (χ2v) is 3.81. The van der Waals surface area contributed by atoms with Crippen LogP contribution in [0.15, 0.2) is 24.3 Å². The Bertz CT molecular complexity index is 297. The molecule has 0 saturated carbocycles. The summed E-state index contributed by atoms with van der Waals surface area (Å²) in [6.07, 6.45) is 0. The summed E-state index contributed by atoms with van der Waals surface area (Å²) in [5, 5.41) is 21.1. The zero-order chi connectivity index (χ0) is 11.3. The van der Waals surface area contributed by atoms with Crippen LogP contribution >= 0.6 is 0 Å². The molecule has 0 aliphatic heterocycles. The summed E-state index contributed by atoms with van der Waals surface area (Å²) in [5.41, 5.74) is 2.41. The van der Waals surface area contributed by atoms with Crippen LogP contribution in [0.4, 0.5) is 0 Å². The van der Waals surface area contributed by atoms with Crippen molar-refractivity contribution in [1.82, 2.24) is 5.32 Å². The Morgan fingerprint density at radius 2 is 1.80 bits per heavy atom. The van der Waals surface area contributed by atoms with E-state index in [2.05, 4.69) is 24.4 Å². The van der Waals surface area contributed by atoms with E-state index in [0.29, 0.717) is 0 Å². The molecule has 0 heterocycles. The van der Waals surface area contributed by atoms with Crippen LogP contribution in [0.2, 0.25) is 0 Å². The van der Waals surface area contributed by atoms with Crippen molar-refractivity contribution in [3.05, 3.63) is 35.4 Å². The Hall–Kier alpha value is -0.900. The van der Waals surface area contributed by atoms with E-state index < -0.39 is 0 Å². The predicted octanol–water partition coefficient (Wildman–Crippen LogP) is 0.999. The van der Waals surface area contributed by atoms with Crippen molar-refractivity contribution in [2.45, 2.75) is 25.9 Å². The van der Waals surface area contributed by atoms with Gasteiger partial charge < -0.3 is 15.5 Å². The van der Waals surface area contributed by atoms with Crippen LogP contribution in [0.3, 0.4) is 0 Å². The minimum absolute atomic E-state index is 0.0489. The van der Waals surface area contributed by atoms with Crippen LogP contribution < -0.4 is 5.32 Å². The average molecular weight is 209 g/mol. The first-order chi connectivity index (χ1) is 7.19. The largest absolute Gasteiger partial charge is 0.395 e. The molecule has 1 atom stereocenters. The van der Waals surface area contributed by atoms with Crippen molar-refractivity contribution < 1.29 is 10.2 Å². The molecule has 0 aromatic heterocycles. The number of aryl methyl sites for hydroxylation is 1. The molecular weight excluding hydrogens is 190 g/mol. The van der Waals surface area contributed by atoms with Crippen LogP contribution in [-0.4, -0.2) is 29.5 Å². The monoisotopic (exact) mass is 209 g/mol. The summed E-state index contributed by atoms with van der Waals surface area (Å²) in [6, 6.07) is 7.99. The predicted molar refractivity (Wildman–Crippen MR) is 60.7 cm³/mol. The molecule has 0 unspecified atom stereocenters. The average Bonchev–Trinajstić information content (AvgIpc) is 2.26. The van der Waals surface area contributed by atoms with Gasteiger partial charge in [0.25, 0.3) is 0 Å². The van der Waals surface area contributed by atoms with Gasteiger partial charge in [0.2, 0.25) is 0 Å². The molecule has 15 heavy (non-hydrogen) atoms. The molecule has 0 amide bonds. The normalized spacial score (nSPS) is 13.1. The third-order valence-corrected chi connectivity index (χ3v) is 2.58. The van der Waals surface area contributed by atoms with Gasteiger partial charge >= 0.3 is 0 Å². The molecule has 0 fully saturated rings. The number of hydrogen-bond acceptors (Lipinski definition) is 3. The summed E-state index contributed by atoms with van der Waals surface area (Å²) >= 11 is 0. The summed E-state index contributed by atoms with van der Waals surface area (Å²) in [7, 11) is 0. The maximum atomic E-state index is 8.97. The van der Waals surface area contributed by atoms with Gasteiger partial charge in [-0.3, -0.25) is 0 Å². The van der Waals surface area contributed by atoms with Crippen LogP contribution in [0.1, 0.15) is 24.1 Å². The van der Waals surface area contributed by atoms with Crippen LogP contribution in [0.25, 0.3) is 0 Å². The topological polar surface area (TPSA) is 52.5 Å². The molecule has 1 rings (SSSR count). The van der Waals surface area contributed by atoms with Crippen LogP contribution in [0, 0.1) is 6.92 Å². The Kier molecular flexibility index (Phi) is 4.75. The molecule has 0 aliphatic rings. The lowest BCUT2D eigenvalue weighted by atomic mass is 10.0. The Labute approximate surface area is 90.8 Å². The summed E-state index contributed by atoms with van der Waals surface area (Å²) in [4.78, 5) is 0. The first kappa shape index (κ1) is 12.2. The molecule has 0 radical (unpaired) electrons. The van der Waals surface area contributed by atoms with Crippen molar-refractivity contribution in [3.8, 4) is 0 Å². The van der Waals surface area contributed by atoms with E-state index in [1.165, 1.54) is 11.1 Å². The third kappa shape index (κ3) is 3.30. The highest BCUT2D eigenvalue weighted by atomic mass is 16.3. The standard InChI is InChI=1S/C12H19NO2/c1-9-5-3-4-6-12(9)10(2)13-11(7-14)8-15/h3-6,10-11,13-15H,7-8H2,1-2H3/t10-/m0/s1. The molecule has 1 aromatic rings. The lowest BCUT2D eigenvalue weighted by molar-refractivity contribution is 0.163. The van der Waals surface area contributed by atoms with Crippen molar-refractivity contribution in [1.29, 1.82) is 0 Å². The summed E-state index contributed by atoms with van der Waals surface area (Å²) in [5.74, 6) is 0. The number of aliphatic hydroxyl groups excluding tert-OH is 2. The Morgan fingerprint density at radius 1 is 1.20 bits per heavy atom. The first-order valence-corrected chi connectivity index (χ1v) is 5.22. The number of hydrogen-bond donors (Lipinski definition) is 3. The van der Waals surface area contributed by atoms with E-state index in [1.54, 1.807) is 0 Å². The minimum Gasteiger partial charge on any atom is -0.395 e. The first-order valence-electron chi connectivity index (χ1n) is 5.22. The van der Waals surface area contributed by atoms with E-state index in [0.717, 1.165) is 0 Å². The maximum Gasteiger partial charge on any atom is 0.0607 e. The number of rotatable bonds is 5. The molecule has 0 bridgehead atoms. The lowest BCUT2D eigenvalue weighted by Gasteiger charge is -2.21. The van der Waals surface area contributed by atoms with Gasteiger partial charge in [0.1, 0.15) is 0 Å². The van der Waals surface area contributed by atoms with E-state index in [9.17, 15) is 0 Å². The van der Waals surface area contributed by atoms with Gasteiger partial charge in [-0.15, -0.1) is 0 Å². The van der Waals surface area contributed by atoms with Gasteiger partial charge in [-0.1, -0.05) is 24.3 Å². The molecule has 0 saturated heterocycles. The van der Waals surface area contributed by atoms with Crippen molar-refractivity contribution in [2.75, 3.05) is 13.2 Å². The van der Waals surface area contributed by atoms with Gasteiger partial charge in [0.05, 0.1) is 19.3 Å². The molecule has 1 aromatic carbocycles. The summed E-state index contributed by atoms with van der Waals surface area (Å²) < 4.78 is 0.